The molecule has 0 saturated carbocycles. The number of aromatic nitrogens is 7. The van der Waals surface area contributed by atoms with Crippen molar-refractivity contribution in [2.24, 2.45) is 0 Å². The van der Waals surface area contributed by atoms with E-state index in [1.165, 1.54) is 4.57 Å². The van der Waals surface area contributed by atoms with E-state index in [1.54, 1.807) is 16.9 Å². The minimum absolute atomic E-state index is 0.228. The van der Waals surface area contributed by atoms with Gasteiger partial charge in [0.15, 0.2) is 5.65 Å². The summed E-state index contributed by atoms with van der Waals surface area (Å²) in [6, 6.07) is 11.9. The second-order valence-corrected chi connectivity index (χ2v) is 6.76. The number of rotatable bonds is 4. The molecule has 0 bridgehead atoms. The molecule has 0 aliphatic rings. The van der Waals surface area contributed by atoms with Gasteiger partial charge in [-0.2, -0.15) is 10.1 Å². The lowest BCUT2D eigenvalue weighted by Gasteiger charge is -2.05. The van der Waals surface area contributed by atoms with Crippen molar-refractivity contribution in [2.75, 3.05) is 0 Å². The van der Waals surface area contributed by atoms with E-state index < -0.39 is 0 Å². The van der Waals surface area contributed by atoms with Gasteiger partial charge in [0.2, 0.25) is 0 Å². The van der Waals surface area contributed by atoms with Crippen LogP contribution in [0.3, 0.4) is 0 Å². The van der Waals surface area contributed by atoms with Crippen molar-refractivity contribution in [1.29, 1.82) is 0 Å². The molecule has 1 aromatic carbocycles. The fourth-order valence-corrected chi connectivity index (χ4v) is 3.57. The van der Waals surface area contributed by atoms with Gasteiger partial charge in [0.25, 0.3) is 11.5 Å². The molecular formula is C21H19N7O. The van der Waals surface area contributed by atoms with E-state index in [2.05, 4.69) is 39.2 Å². The molecule has 5 rings (SSSR count). The summed E-state index contributed by atoms with van der Waals surface area (Å²) in [5.41, 5.74) is 4.23. The van der Waals surface area contributed by atoms with Gasteiger partial charge in [-0.3, -0.25) is 9.89 Å². The molecule has 8 heteroatoms. The molecule has 5 aromatic rings. The Bertz CT molecular complexity index is 1400. The first kappa shape index (κ1) is 17.3. The average Bonchev–Trinajstić information content (AvgIpc) is 3.39. The Morgan fingerprint density at radius 3 is 2.62 bits per heavy atom. The first-order chi connectivity index (χ1) is 14.2. The Kier molecular flexibility index (Phi) is 3.97. The lowest BCUT2D eigenvalue weighted by molar-refractivity contribution is 0.885. The first-order valence-corrected chi connectivity index (χ1v) is 9.60. The molecule has 29 heavy (non-hydrogen) atoms. The molecule has 0 atom stereocenters. The molecule has 0 radical (unpaired) electrons. The van der Waals surface area contributed by atoms with Crippen LogP contribution in [0.5, 0.6) is 0 Å². The van der Waals surface area contributed by atoms with E-state index in [0.29, 0.717) is 23.3 Å². The second kappa shape index (κ2) is 6.66. The Balaban J connectivity index is 1.77. The molecule has 0 saturated heterocycles. The molecule has 4 heterocycles. The summed E-state index contributed by atoms with van der Waals surface area (Å²) in [6.07, 6.45) is 4.78. The van der Waals surface area contributed by atoms with E-state index in [9.17, 15) is 4.79 Å². The van der Waals surface area contributed by atoms with Crippen LogP contribution in [0.1, 0.15) is 25.4 Å². The van der Waals surface area contributed by atoms with Crippen LogP contribution in [0.2, 0.25) is 0 Å². The molecule has 0 aliphatic heterocycles. The van der Waals surface area contributed by atoms with Gasteiger partial charge >= 0.3 is 0 Å². The maximum absolute atomic E-state index is 13.1. The zero-order valence-corrected chi connectivity index (χ0v) is 16.1. The maximum atomic E-state index is 13.1. The summed E-state index contributed by atoms with van der Waals surface area (Å²) in [7, 11) is 0. The Hall–Kier alpha value is -3.81. The molecule has 4 aromatic heterocycles. The predicted molar refractivity (Wildman–Crippen MR) is 110 cm³/mol. The first-order valence-electron chi connectivity index (χ1n) is 9.60. The van der Waals surface area contributed by atoms with Crippen molar-refractivity contribution in [2.45, 2.75) is 26.7 Å². The highest BCUT2D eigenvalue weighted by molar-refractivity contribution is 5.86. The summed E-state index contributed by atoms with van der Waals surface area (Å²) in [4.78, 5) is 22.1. The molecule has 8 nitrogen and oxygen atoms in total. The summed E-state index contributed by atoms with van der Waals surface area (Å²) in [5, 5.41) is 12.2. The molecule has 144 valence electrons. The van der Waals surface area contributed by atoms with Gasteiger partial charge < -0.3 is 0 Å². The van der Waals surface area contributed by atoms with Crippen LogP contribution in [0.4, 0.5) is 0 Å². The van der Waals surface area contributed by atoms with Crippen LogP contribution in [-0.2, 0) is 12.8 Å². The number of aromatic amines is 1. The number of nitrogens with zero attached hydrogens (tertiary/aromatic N) is 6. The molecule has 1 N–H and O–H groups in total. The highest BCUT2D eigenvalue weighted by Crippen LogP contribution is 2.29. The van der Waals surface area contributed by atoms with Gasteiger partial charge in [0.1, 0.15) is 5.82 Å². The van der Waals surface area contributed by atoms with Gasteiger partial charge in [0.05, 0.1) is 16.6 Å². The van der Waals surface area contributed by atoms with E-state index in [-0.39, 0.29) is 5.56 Å². The molecule has 0 aliphatic carbocycles. The highest BCUT2D eigenvalue weighted by atomic mass is 16.1. The third-order valence-corrected chi connectivity index (χ3v) is 5.05. The monoisotopic (exact) mass is 385 g/mol. The van der Waals surface area contributed by atoms with Crippen molar-refractivity contribution in [1.82, 2.24) is 34.3 Å². The van der Waals surface area contributed by atoms with Gasteiger partial charge in [-0.15, -0.1) is 5.10 Å². The second-order valence-electron chi connectivity index (χ2n) is 6.76. The third-order valence-electron chi connectivity index (χ3n) is 5.05. The summed E-state index contributed by atoms with van der Waals surface area (Å²) in [6.45, 7) is 4.04. The number of hydrogen-bond acceptors (Lipinski definition) is 5. The Labute approximate surface area is 165 Å². The minimum atomic E-state index is -0.228. The summed E-state index contributed by atoms with van der Waals surface area (Å²) in [5.74, 6) is 1.06. The summed E-state index contributed by atoms with van der Waals surface area (Å²) < 4.78 is 3.19. The molecular weight excluding hydrogens is 366 g/mol. The van der Waals surface area contributed by atoms with E-state index in [1.807, 2.05) is 31.2 Å². The van der Waals surface area contributed by atoms with Gasteiger partial charge in [-0.25, -0.2) is 14.1 Å². The minimum Gasteiger partial charge on any atom is -0.268 e. The van der Waals surface area contributed by atoms with Gasteiger partial charge in [-0.1, -0.05) is 44.2 Å². The third kappa shape index (κ3) is 2.64. The lowest BCUT2D eigenvalue weighted by Crippen LogP contribution is -2.20. The quantitative estimate of drug-likeness (QED) is 0.513. The topological polar surface area (TPSA) is 93.8 Å². The van der Waals surface area contributed by atoms with Gasteiger partial charge in [-0.05, 0) is 18.1 Å². The summed E-state index contributed by atoms with van der Waals surface area (Å²) >= 11 is 0. The van der Waals surface area contributed by atoms with Crippen LogP contribution in [0, 0.1) is 0 Å². The fourth-order valence-electron chi connectivity index (χ4n) is 3.57. The van der Waals surface area contributed by atoms with Crippen molar-refractivity contribution < 1.29 is 0 Å². The zero-order valence-electron chi connectivity index (χ0n) is 16.1. The van der Waals surface area contributed by atoms with E-state index >= 15 is 0 Å². The highest BCUT2D eigenvalue weighted by Gasteiger charge is 2.18. The molecule has 0 spiro atoms. The number of H-pyrrole nitrogens is 1. The number of fused-ring (bicyclic) bond motifs is 3. The van der Waals surface area contributed by atoms with Crippen LogP contribution < -0.4 is 5.56 Å². The van der Waals surface area contributed by atoms with Crippen molar-refractivity contribution in [3.63, 3.8) is 0 Å². The largest absolute Gasteiger partial charge is 0.268 e. The van der Waals surface area contributed by atoms with Crippen molar-refractivity contribution in [3.8, 4) is 17.1 Å². The lowest BCUT2D eigenvalue weighted by atomic mass is 10.0. The van der Waals surface area contributed by atoms with Crippen LogP contribution in [-0.4, -0.2) is 34.3 Å². The van der Waals surface area contributed by atoms with E-state index in [0.717, 1.165) is 34.7 Å². The van der Waals surface area contributed by atoms with Crippen molar-refractivity contribution in [3.05, 3.63) is 70.7 Å². The normalized spacial score (nSPS) is 11.5. The molecule has 0 amide bonds. The van der Waals surface area contributed by atoms with Crippen LogP contribution in [0.15, 0.2) is 53.6 Å². The number of pyridine rings is 1. The molecule has 0 unspecified atom stereocenters. The zero-order chi connectivity index (χ0) is 20.0. The molecule has 0 fully saturated rings. The number of benzene rings is 1. The standard InChI is InChI=1S/C21H19N7O/c1-3-15-18(13-8-6-5-7-9-13)19-22-12-14-16(28(19)26-15)10-11-27(20(14)29)21-23-17(4-2)24-25-21/h5-12H,3-4H2,1-2H3,(H,23,24,25). The van der Waals surface area contributed by atoms with Gasteiger partial charge in [0, 0.05) is 24.4 Å². The average molecular weight is 385 g/mol. The smallest absolute Gasteiger partial charge is 0.268 e. The number of aryl methyl sites for hydroxylation is 2. The van der Waals surface area contributed by atoms with Crippen LogP contribution >= 0.6 is 0 Å². The maximum Gasteiger partial charge on any atom is 0.268 e. The van der Waals surface area contributed by atoms with Crippen molar-refractivity contribution >= 4 is 16.6 Å². The Morgan fingerprint density at radius 2 is 1.90 bits per heavy atom. The predicted octanol–water partition coefficient (Wildman–Crippen LogP) is 2.94. The number of nitrogens with one attached hydrogen (secondary N) is 1. The fraction of sp³-hybridized carbons (Fsp3) is 0.190. The van der Waals surface area contributed by atoms with E-state index in [4.69, 9.17) is 5.10 Å². The van der Waals surface area contributed by atoms with Crippen LogP contribution in [0.25, 0.3) is 33.6 Å². The Morgan fingerprint density at radius 1 is 1.07 bits per heavy atom. The SMILES string of the molecule is CCc1nc(-n2ccc3c(cnc4c(-c5ccccc5)c(CC)nn43)c2=O)n[nH]1. The number of hydrogen-bond donors (Lipinski definition) is 1.